The van der Waals surface area contributed by atoms with E-state index in [2.05, 4.69) is 26.4 Å². The molecule has 1 saturated heterocycles. The number of thioether (sulfide) groups is 1. The van der Waals surface area contributed by atoms with Gasteiger partial charge >= 0.3 is 0 Å². The van der Waals surface area contributed by atoms with E-state index < -0.39 is 11.9 Å². The Hall–Kier alpha value is -3.84. The molecule has 0 bridgehead atoms. The Morgan fingerprint density at radius 3 is 2.71 bits per heavy atom. The van der Waals surface area contributed by atoms with Gasteiger partial charge in [0.15, 0.2) is 0 Å². The SMILES string of the molecule is CN1C(=O)[C@@H](NC(=O)c2ncn(Cc3ccccc3)n2)CSc2cc(C#N)c(N3CCCC3)cc21. The number of aromatic nitrogens is 3. The summed E-state index contributed by atoms with van der Waals surface area (Å²) in [6.45, 7) is 2.31. The van der Waals surface area contributed by atoms with Crippen LogP contribution in [0.25, 0.3) is 0 Å². The molecule has 2 aliphatic rings. The van der Waals surface area contributed by atoms with Crippen LogP contribution in [0, 0.1) is 11.3 Å². The summed E-state index contributed by atoms with van der Waals surface area (Å²) in [7, 11) is 1.71. The van der Waals surface area contributed by atoms with Crippen LogP contribution in [0.4, 0.5) is 11.4 Å². The zero-order valence-electron chi connectivity index (χ0n) is 19.3. The fourth-order valence-corrected chi connectivity index (χ4v) is 5.53. The third-order valence-electron chi connectivity index (χ3n) is 6.27. The minimum atomic E-state index is -0.744. The van der Waals surface area contributed by atoms with Crippen LogP contribution in [-0.4, -0.2) is 58.5 Å². The van der Waals surface area contributed by atoms with E-state index in [0.717, 1.165) is 47.8 Å². The number of likely N-dealkylation sites (N-methyl/N-ethyl adjacent to an activating group) is 1. The molecular weight excluding hydrogens is 462 g/mol. The monoisotopic (exact) mass is 487 g/mol. The zero-order chi connectivity index (χ0) is 24.4. The molecule has 0 aliphatic carbocycles. The normalized spacial score (nSPS) is 17.6. The van der Waals surface area contributed by atoms with Crippen molar-refractivity contribution >= 4 is 35.0 Å². The number of carbonyl (C=O) groups excluding carboxylic acids is 2. The van der Waals surface area contributed by atoms with Gasteiger partial charge in [-0.05, 0) is 30.5 Å². The Morgan fingerprint density at radius 2 is 1.97 bits per heavy atom. The Labute approximate surface area is 207 Å². The van der Waals surface area contributed by atoms with Gasteiger partial charge in [0, 0.05) is 30.8 Å². The molecule has 178 valence electrons. The molecule has 1 aromatic heterocycles. The number of rotatable bonds is 5. The van der Waals surface area contributed by atoms with Gasteiger partial charge in [-0.1, -0.05) is 30.3 Å². The number of carbonyl (C=O) groups is 2. The second-order valence-electron chi connectivity index (χ2n) is 8.63. The maximum Gasteiger partial charge on any atom is 0.291 e. The quantitative estimate of drug-likeness (QED) is 0.590. The van der Waals surface area contributed by atoms with Crippen molar-refractivity contribution in [1.82, 2.24) is 20.1 Å². The smallest absolute Gasteiger partial charge is 0.291 e. The van der Waals surface area contributed by atoms with Crippen molar-refractivity contribution in [3.63, 3.8) is 0 Å². The fourth-order valence-electron chi connectivity index (χ4n) is 4.41. The minimum Gasteiger partial charge on any atom is -0.370 e. The molecule has 2 amide bonds. The van der Waals surface area contributed by atoms with Crippen molar-refractivity contribution in [3.05, 3.63) is 65.7 Å². The van der Waals surface area contributed by atoms with Gasteiger partial charge in [0.05, 0.1) is 23.5 Å². The van der Waals surface area contributed by atoms with Crippen molar-refractivity contribution in [2.45, 2.75) is 30.3 Å². The predicted octanol–water partition coefficient (Wildman–Crippen LogP) is 2.67. The molecule has 0 unspecified atom stereocenters. The van der Waals surface area contributed by atoms with Gasteiger partial charge in [-0.25, -0.2) is 9.67 Å². The summed E-state index contributed by atoms with van der Waals surface area (Å²) in [5.74, 6) is -0.345. The maximum absolute atomic E-state index is 13.3. The lowest BCUT2D eigenvalue weighted by Gasteiger charge is -2.25. The van der Waals surface area contributed by atoms with E-state index in [1.54, 1.807) is 16.6 Å². The number of hydrogen-bond acceptors (Lipinski definition) is 7. The van der Waals surface area contributed by atoms with E-state index >= 15 is 0 Å². The van der Waals surface area contributed by atoms with Gasteiger partial charge in [0.2, 0.25) is 11.7 Å². The molecule has 35 heavy (non-hydrogen) atoms. The first-order valence-corrected chi connectivity index (χ1v) is 12.5. The Morgan fingerprint density at radius 1 is 1.20 bits per heavy atom. The van der Waals surface area contributed by atoms with Gasteiger partial charge < -0.3 is 15.1 Å². The van der Waals surface area contributed by atoms with Crippen LogP contribution in [0.3, 0.4) is 0 Å². The highest BCUT2D eigenvalue weighted by Crippen LogP contribution is 2.39. The highest BCUT2D eigenvalue weighted by atomic mass is 32.2. The van der Waals surface area contributed by atoms with Crippen molar-refractivity contribution < 1.29 is 9.59 Å². The summed E-state index contributed by atoms with van der Waals surface area (Å²) in [5.41, 5.74) is 3.27. The van der Waals surface area contributed by atoms with E-state index in [1.165, 1.54) is 18.1 Å². The van der Waals surface area contributed by atoms with E-state index in [4.69, 9.17) is 0 Å². The lowest BCUT2D eigenvalue weighted by Crippen LogP contribution is -2.48. The first-order valence-electron chi connectivity index (χ1n) is 11.5. The Bertz CT molecular complexity index is 1290. The Balaban J connectivity index is 1.32. The Kier molecular flexibility index (Phi) is 6.42. The number of nitrogens with one attached hydrogen (secondary N) is 1. The summed E-state index contributed by atoms with van der Waals surface area (Å²) in [6, 6.07) is 15.1. The largest absolute Gasteiger partial charge is 0.370 e. The van der Waals surface area contributed by atoms with Crippen LogP contribution in [0.5, 0.6) is 0 Å². The lowest BCUT2D eigenvalue weighted by atomic mass is 10.1. The fraction of sp³-hybridized carbons (Fsp3) is 0.320. The number of anilines is 2. The van der Waals surface area contributed by atoms with E-state index in [0.29, 0.717) is 17.9 Å². The van der Waals surface area contributed by atoms with Crippen LogP contribution in [-0.2, 0) is 11.3 Å². The van der Waals surface area contributed by atoms with E-state index in [1.807, 2.05) is 42.5 Å². The van der Waals surface area contributed by atoms with Gasteiger partial charge in [-0.2, -0.15) is 5.26 Å². The minimum absolute atomic E-state index is 0.0197. The summed E-state index contributed by atoms with van der Waals surface area (Å²) >= 11 is 1.46. The van der Waals surface area contributed by atoms with Crippen molar-refractivity contribution in [2.24, 2.45) is 0 Å². The summed E-state index contributed by atoms with van der Waals surface area (Å²) in [6.07, 6.45) is 3.69. The van der Waals surface area contributed by atoms with Crippen LogP contribution in [0.15, 0.2) is 53.7 Å². The number of nitriles is 1. The molecule has 3 aromatic rings. The van der Waals surface area contributed by atoms with Crippen molar-refractivity contribution in [3.8, 4) is 6.07 Å². The highest BCUT2D eigenvalue weighted by Gasteiger charge is 2.32. The first-order chi connectivity index (χ1) is 17.0. The molecule has 1 fully saturated rings. The number of fused-ring (bicyclic) bond motifs is 1. The summed E-state index contributed by atoms with van der Waals surface area (Å²) < 4.78 is 1.60. The molecule has 2 aromatic carbocycles. The molecular formula is C25H25N7O2S. The standard InChI is InChI=1S/C25H25N7O2S/c1-30-21-12-20(31-9-5-6-10-31)18(13-26)11-22(21)35-15-19(25(30)34)28-24(33)23-27-16-32(29-23)14-17-7-3-2-4-8-17/h2-4,7-8,11-12,16,19H,5-6,9-10,14-15H2,1H3,(H,28,33)/t19-/m0/s1. The van der Waals surface area contributed by atoms with Gasteiger partial charge in [-0.15, -0.1) is 16.9 Å². The van der Waals surface area contributed by atoms with Crippen LogP contribution in [0.2, 0.25) is 0 Å². The molecule has 3 heterocycles. The summed E-state index contributed by atoms with van der Waals surface area (Å²) in [4.78, 5) is 34.9. The third kappa shape index (κ3) is 4.72. The highest BCUT2D eigenvalue weighted by molar-refractivity contribution is 7.99. The predicted molar refractivity (Wildman–Crippen MR) is 134 cm³/mol. The van der Waals surface area contributed by atoms with Crippen molar-refractivity contribution in [1.29, 1.82) is 5.26 Å². The third-order valence-corrected chi connectivity index (χ3v) is 7.41. The summed E-state index contributed by atoms with van der Waals surface area (Å²) in [5, 5.41) is 16.8. The number of benzene rings is 2. The van der Waals surface area contributed by atoms with E-state index in [-0.39, 0.29) is 11.7 Å². The average molecular weight is 488 g/mol. The number of amides is 2. The lowest BCUT2D eigenvalue weighted by molar-refractivity contribution is -0.119. The first kappa shape index (κ1) is 22.9. The number of hydrogen-bond donors (Lipinski definition) is 1. The molecule has 1 atom stereocenters. The van der Waals surface area contributed by atoms with Gasteiger partial charge in [0.1, 0.15) is 18.4 Å². The van der Waals surface area contributed by atoms with Gasteiger partial charge in [0.25, 0.3) is 5.91 Å². The van der Waals surface area contributed by atoms with Gasteiger partial charge in [-0.3, -0.25) is 9.59 Å². The zero-order valence-corrected chi connectivity index (χ0v) is 20.2. The van der Waals surface area contributed by atoms with Crippen molar-refractivity contribution in [2.75, 3.05) is 35.7 Å². The van der Waals surface area contributed by atoms with Crippen LogP contribution >= 0.6 is 11.8 Å². The molecule has 10 heteroatoms. The maximum atomic E-state index is 13.3. The molecule has 2 aliphatic heterocycles. The van der Waals surface area contributed by atoms with E-state index in [9.17, 15) is 14.9 Å². The molecule has 0 radical (unpaired) electrons. The molecule has 1 N–H and O–H groups in total. The topological polar surface area (TPSA) is 107 Å². The average Bonchev–Trinajstić information content (AvgIpc) is 3.56. The van der Waals surface area contributed by atoms with Crippen LogP contribution in [0.1, 0.15) is 34.6 Å². The molecule has 9 nitrogen and oxygen atoms in total. The molecule has 0 saturated carbocycles. The second kappa shape index (κ2) is 9.80. The number of nitrogens with zero attached hydrogens (tertiary/aromatic N) is 6. The molecule has 5 rings (SSSR count). The van der Waals surface area contributed by atoms with Crippen LogP contribution < -0.4 is 15.1 Å². The second-order valence-corrected chi connectivity index (χ2v) is 9.69. The molecule has 0 spiro atoms.